The Labute approximate surface area is 80.5 Å². The summed E-state index contributed by atoms with van der Waals surface area (Å²) in [5.74, 6) is 0.227. The molecule has 0 bridgehead atoms. The van der Waals surface area contributed by atoms with Crippen LogP contribution in [0.5, 0.6) is 0 Å². The fraction of sp³-hybridized carbons (Fsp3) is 0.900. The number of carbonyl (C=O) groups excluding carboxylic acids is 1. The number of nitrogens with one attached hydrogen (secondary N) is 1. The first kappa shape index (κ1) is 10.5. The van der Waals surface area contributed by atoms with E-state index in [1.54, 1.807) is 0 Å². The maximum Gasteiger partial charge on any atom is 0.239 e. The Hall–Kier alpha value is -0.570. The van der Waals surface area contributed by atoms with Gasteiger partial charge in [-0.25, -0.2) is 0 Å². The first-order valence-corrected chi connectivity index (χ1v) is 4.91. The Kier molecular flexibility index (Phi) is 2.96. The molecule has 1 rings (SSSR count). The highest BCUT2D eigenvalue weighted by molar-refractivity contribution is 5.82. The standard InChI is InChI=1S/C10H20N2O/c1-10(2,3)8-9(13)12(4)7-5-6-11-8/h8,11H,5-7H2,1-4H3. The summed E-state index contributed by atoms with van der Waals surface area (Å²) in [6.45, 7) is 8.11. The van der Waals surface area contributed by atoms with Gasteiger partial charge in [0.2, 0.25) is 5.91 Å². The van der Waals surface area contributed by atoms with E-state index in [4.69, 9.17) is 0 Å². The lowest BCUT2D eigenvalue weighted by Gasteiger charge is -2.31. The summed E-state index contributed by atoms with van der Waals surface area (Å²) >= 11 is 0. The zero-order valence-corrected chi connectivity index (χ0v) is 9.05. The fourth-order valence-corrected chi connectivity index (χ4v) is 1.66. The smallest absolute Gasteiger partial charge is 0.239 e. The summed E-state index contributed by atoms with van der Waals surface area (Å²) in [7, 11) is 1.88. The molecule has 1 unspecified atom stereocenters. The Bertz CT molecular complexity index is 196. The van der Waals surface area contributed by atoms with Crippen molar-refractivity contribution in [3.63, 3.8) is 0 Å². The predicted molar refractivity (Wildman–Crippen MR) is 53.5 cm³/mol. The summed E-state index contributed by atoms with van der Waals surface area (Å²) in [6.07, 6.45) is 1.05. The molecule has 0 aromatic carbocycles. The van der Waals surface area contributed by atoms with Gasteiger partial charge in [-0.3, -0.25) is 4.79 Å². The van der Waals surface area contributed by atoms with Gasteiger partial charge in [0.05, 0.1) is 6.04 Å². The third-order valence-corrected chi connectivity index (χ3v) is 2.51. The van der Waals surface area contributed by atoms with Crippen molar-refractivity contribution in [1.29, 1.82) is 0 Å². The minimum atomic E-state index is -0.0278. The molecule has 0 aromatic heterocycles. The van der Waals surface area contributed by atoms with Crippen LogP contribution in [0.15, 0.2) is 0 Å². The minimum Gasteiger partial charge on any atom is -0.344 e. The monoisotopic (exact) mass is 184 g/mol. The molecule has 1 fully saturated rings. The molecule has 0 radical (unpaired) electrons. The first-order chi connectivity index (χ1) is 5.93. The van der Waals surface area contributed by atoms with E-state index in [9.17, 15) is 4.79 Å². The van der Waals surface area contributed by atoms with Crippen molar-refractivity contribution in [3.05, 3.63) is 0 Å². The number of carbonyl (C=O) groups is 1. The number of hydrogen-bond acceptors (Lipinski definition) is 2. The number of amides is 1. The van der Waals surface area contributed by atoms with Gasteiger partial charge in [-0.15, -0.1) is 0 Å². The number of likely N-dealkylation sites (N-methyl/N-ethyl adjacent to an activating group) is 1. The van der Waals surface area contributed by atoms with E-state index in [0.717, 1.165) is 19.5 Å². The van der Waals surface area contributed by atoms with Gasteiger partial charge in [0, 0.05) is 13.6 Å². The lowest BCUT2D eigenvalue weighted by Crippen LogP contribution is -2.49. The molecule has 13 heavy (non-hydrogen) atoms. The second-order valence-corrected chi connectivity index (χ2v) is 4.87. The molecule has 3 nitrogen and oxygen atoms in total. The topological polar surface area (TPSA) is 32.3 Å². The molecule has 1 saturated heterocycles. The van der Waals surface area contributed by atoms with Crippen molar-refractivity contribution < 1.29 is 4.79 Å². The number of nitrogens with zero attached hydrogens (tertiary/aromatic N) is 1. The van der Waals surface area contributed by atoms with Gasteiger partial charge < -0.3 is 10.2 Å². The summed E-state index contributed by atoms with van der Waals surface area (Å²) < 4.78 is 0. The molecule has 1 atom stereocenters. The molecule has 76 valence electrons. The van der Waals surface area contributed by atoms with Gasteiger partial charge >= 0.3 is 0 Å². The van der Waals surface area contributed by atoms with Gasteiger partial charge in [0.15, 0.2) is 0 Å². The van der Waals surface area contributed by atoms with E-state index in [1.165, 1.54) is 0 Å². The zero-order valence-electron chi connectivity index (χ0n) is 9.05. The van der Waals surface area contributed by atoms with Gasteiger partial charge in [-0.1, -0.05) is 20.8 Å². The largest absolute Gasteiger partial charge is 0.344 e. The van der Waals surface area contributed by atoms with Gasteiger partial charge in [0.1, 0.15) is 0 Å². The second kappa shape index (κ2) is 3.66. The molecule has 0 aliphatic carbocycles. The Morgan fingerprint density at radius 3 is 2.62 bits per heavy atom. The number of rotatable bonds is 0. The van der Waals surface area contributed by atoms with Crippen LogP contribution in [0.1, 0.15) is 27.2 Å². The van der Waals surface area contributed by atoms with Crippen molar-refractivity contribution in [3.8, 4) is 0 Å². The van der Waals surface area contributed by atoms with Gasteiger partial charge in [-0.2, -0.15) is 0 Å². The summed E-state index contributed by atoms with van der Waals surface area (Å²) in [4.78, 5) is 13.7. The van der Waals surface area contributed by atoms with E-state index < -0.39 is 0 Å². The van der Waals surface area contributed by atoms with Crippen LogP contribution in [0.25, 0.3) is 0 Å². The van der Waals surface area contributed by atoms with Crippen molar-refractivity contribution in [2.24, 2.45) is 5.41 Å². The van der Waals surface area contributed by atoms with Crippen molar-refractivity contribution in [2.75, 3.05) is 20.1 Å². The SMILES string of the molecule is CN1CCCNC(C(C)(C)C)C1=O. The maximum absolute atomic E-state index is 11.9. The quantitative estimate of drug-likeness (QED) is 0.605. The molecule has 1 amide bonds. The van der Waals surface area contributed by atoms with Crippen molar-refractivity contribution in [2.45, 2.75) is 33.2 Å². The van der Waals surface area contributed by atoms with Crippen molar-refractivity contribution >= 4 is 5.91 Å². The zero-order chi connectivity index (χ0) is 10.1. The lowest BCUT2D eigenvalue weighted by molar-refractivity contribution is -0.133. The highest BCUT2D eigenvalue weighted by atomic mass is 16.2. The maximum atomic E-state index is 11.9. The first-order valence-electron chi connectivity index (χ1n) is 4.91. The van der Waals surface area contributed by atoms with Gasteiger partial charge in [-0.05, 0) is 18.4 Å². The molecule has 1 N–H and O–H groups in total. The molecule has 1 heterocycles. The third-order valence-electron chi connectivity index (χ3n) is 2.51. The Morgan fingerprint density at radius 1 is 1.46 bits per heavy atom. The molecular weight excluding hydrogens is 164 g/mol. The Morgan fingerprint density at radius 2 is 2.08 bits per heavy atom. The average Bonchev–Trinajstić information content (AvgIpc) is 2.14. The van der Waals surface area contributed by atoms with Crippen LogP contribution in [0, 0.1) is 5.41 Å². The van der Waals surface area contributed by atoms with Crippen LogP contribution in [0.3, 0.4) is 0 Å². The van der Waals surface area contributed by atoms with Crippen LogP contribution < -0.4 is 5.32 Å². The molecule has 0 spiro atoms. The van der Waals surface area contributed by atoms with E-state index in [2.05, 4.69) is 26.1 Å². The summed E-state index contributed by atoms with van der Waals surface area (Å²) in [5, 5.41) is 3.31. The fourth-order valence-electron chi connectivity index (χ4n) is 1.66. The third kappa shape index (κ3) is 2.44. The van der Waals surface area contributed by atoms with Crippen LogP contribution >= 0.6 is 0 Å². The van der Waals surface area contributed by atoms with Crippen LogP contribution in [0.2, 0.25) is 0 Å². The summed E-state index contributed by atoms with van der Waals surface area (Å²) in [6, 6.07) is -0.0278. The number of hydrogen-bond donors (Lipinski definition) is 1. The average molecular weight is 184 g/mol. The van der Waals surface area contributed by atoms with Crippen LogP contribution in [0.4, 0.5) is 0 Å². The molecule has 1 aliphatic heterocycles. The summed E-state index contributed by atoms with van der Waals surface area (Å²) in [5.41, 5.74) is 0.00961. The molecule has 3 heteroatoms. The van der Waals surface area contributed by atoms with E-state index in [-0.39, 0.29) is 17.4 Å². The lowest BCUT2D eigenvalue weighted by atomic mass is 9.86. The molecule has 1 aliphatic rings. The van der Waals surface area contributed by atoms with E-state index in [1.807, 2.05) is 11.9 Å². The highest BCUT2D eigenvalue weighted by Crippen LogP contribution is 2.21. The van der Waals surface area contributed by atoms with E-state index >= 15 is 0 Å². The molecule has 0 aromatic rings. The van der Waals surface area contributed by atoms with Crippen molar-refractivity contribution in [1.82, 2.24) is 10.2 Å². The highest BCUT2D eigenvalue weighted by Gasteiger charge is 2.33. The second-order valence-electron chi connectivity index (χ2n) is 4.87. The minimum absolute atomic E-state index is 0.00961. The van der Waals surface area contributed by atoms with Gasteiger partial charge in [0.25, 0.3) is 0 Å². The Balaban J connectivity index is 2.76. The predicted octanol–water partition coefficient (Wildman–Crippen LogP) is 0.853. The molecular formula is C10H20N2O. The van der Waals surface area contributed by atoms with Crippen LogP contribution in [-0.2, 0) is 4.79 Å². The van der Waals surface area contributed by atoms with Crippen LogP contribution in [-0.4, -0.2) is 37.0 Å². The van der Waals surface area contributed by atoms with E-state index in [0.29, 0.717) is 0 Å². The molecule has 0 saturated carbocycles. The normalized spacial score (nSPS) is 26.0.